The van der Waals surface area contributed by atoms with Gasteiger partial charge in [0.05, 0.1) is 26.4 Å². The van der Waals surface area contributed by atoms with Crippen LogP contribution in [0.2, 0.25) is 0 Å². The lowest BCUT2D eigenvalue weighted by atomic mass is 9.98. The van der Waals surface area contributed by atoms with Crippen LogP contribution >= 0.6 is 0 Å². The van der Waals surface area contributed by atoms with Crippen LogP contribution in [0.5, 0.6) is 0 Å². The molecular weight excluding hydrogens is 752 g/mol. The molecule has 2 heterocycles. The third-order valence-electron chi connectivity index (χ3n) is 11.0. The highest BCUT2D eigenvalue weighted by Gasteiger charge is 2.47. The highest BCUT2D eigenvalue weighted by atomic mass is 16.7. The van der Waals surface area contributed by atoms with Gasteiger partial charge < -0.3 is 64.2 Å². The Kier molecular flexibility index (Phi) is 30.4. The monoisotopic (exact) mass is 835 g/mol. The Hall–Kier alpha value is -1.27. The first-order valence-electron chi connectivity index (χ1n) is 22.8. The van der Waals surface area contributed by atoms with Crippen LogP contribution in [0.25, 0.3) is 0 Å². The molecule has 2 saturated heterocycles. The van der Waals surface area contributed by atoms with Crippen LogP contribution < -0.4 is 0 Å². The lowest BCUT2D eigenvalue weighted by Gasteiger charge is -2.42. The first kappa shape index (κ1) is 52.9. The number of unbranched alkanes of at least 4 members (excludes halogenated alkanes) is 19. The number of esters is 1. The summed E-state index contributed by atoms with van der Waals surface area (Å²) in [6.45, 7) is 3.63. The molecule has 2 rings (SSSR count). The molecular formula is C44H82O14. The van der Waals surface area contributed by atoms with Crippen molar-refractivity contribution >= 4 is 5.97 Å². The van der Waals surface area contributed by atoms with Crippen LogP contribution in [-0.2, 0) is 33.2 Å². The zero-order chi connectivity index (χ0) is 42.4. The van der Waals surface area contributed by atoms with Crippen molar-refractivity contribution in [3.05, 3.63) is 12.2 Å². The van der Waals surface area contributed by atoms with E-state index in [9.17, 15) is 40.5 Å². The zero-order valence-corrected chi connectivity index (χ0v) is 35.8. The normalized spacial score (nSPS) is 28.3. The van der Waals surface area contributed by atoms with Gasteiger partial charge in [-0.2, -0.15) is 0 Å². The molecule has 11 atom stereocenters. The van der Waals surface area contributed by atoms with Gasteiger partial charge in [-0.25, -0.2) is 0 Å². The van der Waals surface area contributed by atoms with E-state index in [0.29, 0.717) is 13.0 Å². The molecule has 2 aliphatic heterocycles. The van der Waals surface area contributed by atoms with Crippen LogP contribution in [0.3, 0.4) is 0 Å². The first-order valence-corrected chi connectivity index (χ1v) is 22.8. The van der Waals surface area contributed by atoms with Crippen molar-refractivity contribution in [2.45, 2.75) is 229 Å². The van der Waals surface area contributed by atoms with Crippen molar-refractivity contribution in [2.75, 3.05) is 33.0 Å². The van der Waals surface area contributed by atoms with E-state index in [2.05, 4.69) is 26.0 Å². The third kappa shape index (κ3) is 22.0. The molecule has 0 amide bonds. The summed E-state index contributed by atoms with van der Waals surface area (Å²) in [5.41, 5.74) is 0. The predicted octanol–water partition coefficient (Wildman–Crippen LogP) is 5.12. The maximum Gasteiger partial charge on any atom is 0.306 e. The maximum atomic E-state index is 12.9. The van der Waals surface area contributed by atoms with Crippen LogP contribution in [-0.4, -0.2) is 142 Å². The fourth-order valence-electron chi connectivity index (χ4n) is 7.21. The average molecular weight is 835 g/mol. The van der Waals surface area contributed by atoms with E-state index < -0.39 is 80.7 Å². The minimum atomic E-state index is -1.70. The molecule has 0 aromatic carbocycles. The molecule has 2 fully saturated rings. The van der Waals surface area contributed by atoms with E-state index in [0.717, 1.165) is 57.8 Å². The Morgan fingerprint density at radius 3 is 1.62 bits per heavy atom. The number of hydrogen-bond donors (Lipinski definition) is 7. The number of aliphatic hydroxyl groups is 7. The second-order valence-corrected chi connectivity index (χ2v) is 16.2. The molecule has 0 spiro atoms. The van der Waals surface area contributed by atoms with Gasteiger partial charge in [-0.3, -0.25) is 4.79 Å². The van der Waals surface area contributed by atoms with Gasteiger partial charge in [0.25, 0.3) is 0 Å². The number of rotatable bonds is 35. The molecule has 14 heteroatoms. The van der Waals surface area contributed by atoms with Crippen molar-refractivity contribution in [1.29, 1.82) is 0 Å². The van der Waals surface area contributed by atoms with E-state index in [4.69, 9.17) is 28.4 Å². The van der Waals surface area contributed by atoms with Crippen LogP contribution in [0.4, 0.5) is 0 Å². The summed E-state index contributed by atoms with van der Waals surface area (Å²) in [4.78, 5) is 12.9. The van der Waals surface area contributed by atoms with Crippen LogP contribution in [0.15, 0.2) is 12.2 Å². The van der Waals surface area contributed by atoms with Gasteiger partial charge in [0.2, 0.25) is 0 Å². The van der Waals surface area contributed by atoms with Crippen LogP contribution in [0, 0.1) is 0 Å². The molecule has 7 N–H and O–H groups in total. The standard InChI is InChI=1S/C44H82O14/c1-3-5-7-9-11-13-15-16-18-20-22-24-26-28-53-30-33(56-36(46)27-25-23-21-19-17-14-12-10-8-6-4-2)31-54-43-42(52)40(50)38(48)35(58-43)32-55-44-41(51)39(49)37(47)34(29-45)57-44/h10,12,33-35,37-45,47-52H,3-9,11,13-32H2,1-2H3/b12-10-. The molecule has 342 valence electrons. The third-order valence-corrected chi connectivity index (χ3v) is 11.0. The van der Waals surface area contributed by atoms with Crippen molar-refractivity contribution in [3.8, 4) is 0 Å². The second-order valence-electron chi connectivity index (χ2n) is 16.2. The second kappa shape index (κ2) is 33.4. The van der Waals surface area contributed by atoms with E-state index >= 15 is 0 Å². The number of aliphatic hydroxyl groups excluding tert-OH is 7. The molecule has 0 aliphatic carbocycles. The maximum absolute atomic E-state index is 12.9. The summed E-state index contributed by atoms with van der Waals surface area (Å²) in [6, 6.07) is 0. The smallest absolute Gasteiger partial charge is 0.306 e. The van der Waals surface area contributed by atoms with Crippen molar-refractivity contribution in [2.24, 2.45) is 0 Å². The predicted molar refractivity (Wildman–Crippen MR) is 220 cm³/mol. The van der Waals surface area contributed by atoms with Crippen LogP contribution in [0.1, 0.15) is 162 Å². The molecule has 0 aromatic heterocycles. The van der Waals surface area contributed by atoms with E-state index in [1.165, 1.54) is 77.0 Å². The van der Waals surface area contributed by atoms with Gasteiger partial charge in [0, 0.05) is 13.0 Å². The Bertz CT molecular complexity index is 1020. The molecule has 11 unspecified atom stereocenters. The Balaban J connectivity index is 1.82. The minimum Gasteiger partial charge on any atom is -0.457 e. The zero-order valence-electron chi connectivity index (χ0n) is 35.8. The molecule has 0 radical (unpaired) electrons. The van der Waals surface area contributed by atoms with E-state index in [1.54, 1.807) is 0 Å². The molecule has 14 nitrogen and oxygen atoms in total. The SMILES string of the molecule is CCCC/C=C\CCCCCCCC(=O)OC(COCCCCCCCCCCCCCCC)COC1OC(COC2OC(CO)C(O)C(O)C2O)C(O)C(O)C1O. The lowest BCUT2D eigenvalue weighted by molar-refractivity contribution is -0.332. The van der Waals surface area contributed by atoms with Gasteiger partial charge in [-0.05, 0) is 32.1 Å². The highest BCUT2D eigenvalue weighted by Crippen LogP contribution is 2.26. The number of carbonyl (C=O) groups is 1. The summed E-state index contributed by atoms with van der Waals surface area (Å²) >= 11 is 0. The summed E-state index contributed by atoms with van der Waals surface area (Å²) in [5.74, 6) is -0.386. The minimum absolute atomic E-state index is 0.0629. The number of hydrogen-bond acceptors (Lipinski definition) is 14. The molecule has 0 saturated carbocycles. The number of ether oxygens (including phenoxy) is 6. The van der Waals surface area contributed by atoms with Gasteiger partial charge in [-0.15, -0.1) is 0 Å². The van der Waals surface area contributed by atoms with E-state index in [1.807, 2.05) is 0 Å². The van der Waals surface area contributed by atoms with Crippen molar-refractivity contribution in [1.82, 2.24) is 0 Å². The van der Waals surface area contributed by atoms with Crippen molar-refractivity contribution < 1.29 is 69.0 Å². The summed E-state index contributed by atoms with van der Waals surface area (Å²) in [7, 11) is 0. The number of carbonyl (C=O) groups excluding carboxylic acids is 1. The van der Waals surface area contributed by atoms with Gasteiger partial charge in [0.15, 0.2) is 12.6 Å². The Labute approximate surface area is 348 Å². The first-order chi connectivity index (χ1) is 28.1. The Morgan fingerprint density at radius 2 is 1.03 bits per heavy atom. The molecule has 58 heavy (non-hydrogen) atoms. The summed E-state index contributed by atoms with van der Waals surface area (Å²) in [6.07, 6.45) is 14.3. The molecule has 0 aromatic rings. The summed E-state index contributed by atoms with van der Waals surface area (Å²) < 4.78 is 34.1. The molecule has 0 bridgehead atoms. The lowest BCUT2D eigenvalue weighted by Crippen LogP contribution is -2.61. The summed E-state index contributed by atoms with van der Waals surface area (Å²) in [5, 5.41) is 71.8. The quantitative estimate of drug-likeness (QED) is 0.0251. The molecule has 2 aliphatic rings. The van der Waals surface area contributed by atoms with Gasteiger partial charge in [0.1, 0.15) is 54.9 Å². The van der Waals surface area contributed by atoms with Crippen molar-refractivity contribution in [3.63, 3.8) is 0 Å². The topological polar surface area (TPSA) is 214 Å². The fraction of sp³-hybridized carbons (Fsp3) is 0.932. The highest BCUT2D eigenvalue weighted by molar-refractivity contribution is 5.69. The van der Waals surface area contributed by atoms with Gasteiger partial charge in [-0.1, -0.05) is 135 Å². The van der Waals surface area contributed by atoms with Gasteiger partial charge >= 0.3 is 5.97 Å². The Morgan fingerprint density at radius 1 is 0.552 bits per heavy atom. The number of allylic oxidation sites excluding steroid dienone is 2. The van der Waals surface area contributed by atoms with E-state index in [-0.39, 0.29) is 25.6 Å². The fourth-order valence-corrected chi connectivity index (χ4v) is 7.21. The average Bonchev–Trinajstić information content (AvgIpc) is 3.22. The largest absolute Gasteiger partial charge is 0.457 e.